The van der Waals surface area contributed by atoms with E-state index in [1.807, 2.05) is 30.3 Å². The highest BCUT2D eigenvalue weighted by atomic mass is 16.5. The fourth-order valence-electron chi connectivity index (χ4n) is 1.07. The van der Waals surface area contributed by atoms with E-state index in [1.165, 1.54) is 0 Å². The highest BCUT2D eigenvalue weighted by Gasteiger charge is 1.95. The molecule has 1 rings (SSSR count). The summed E-state index contributed by atoms with van der Waals surface area (Å²) in [6, 6.07) is 8.04. The molecule has 0 spiro atoms. The molecule has 62 valence electrons. The third kappa shape index (κ3) is 2.09. The summed E-state index contributed by atoms with van der Waals surface area (Å²) >= 11 is 0. The maximum Gasteiger partial charge on any atom is 0.0719 e. The van der Waals surface area contributed by atoms with Crippen LogP contribution in [0.25, 0.3) is 6.08 Å². The Morgan fingerprint density at radius 3 is 2.92 bits per heavy atom. The van der Waals surface area contributed by atoms with E-state index in [4.69, 9.17) is 4.74 Å². The molecular weight excluding hydrogens is 148 g/mol. The van der Waals surface area contributed by atoms with Crippen molar-refractivity contribution in [2.45, 2.75) is 6.61 Å². The first-order chi connectivity index (χ1) is 5.88. The standard InChI is InChI=1S/C11H12O/c1-3-6-10-7-4-5-8-11(10)9-12-2/h4-8H,1,9H2,2H3. The van der Waals surface area contributed by atoms with Gasteiger partial charge in [-0.1, -0.05) is 30.8 Å². The molecule has 0 aromatic heterocycles. The van der Waals surface area contributed by atoms with E-state index < -0.39 is 0 Å². The molecule has 0 N–H and O–H groups in total. The van der Waals surface area contributed by atoms with Crippen LogP contribution in [0.15, 0.2) is 36.6 Å². The quantitative estimate of drug-likeness (QED) is 0.617. The van der Waals surface area contributed by atoms with Crippen LogP contribution >= 0.6 is 0 Å². The molecule has 0 heterocycles. The summed E-state index contributed by atoms with van der Waals surface area (Å²) in [5, 5.41) is 0. The van der Waals surface area contributed by atoms with E-state index in [-0.39, 0.29) is 0 Å². The van der Waals surface area contributed by atoms with Gasteiger partial charge in [0, 0.05) is 7.11 Å². The summed E-state index contributed by atoms with van der Waals surface area (Å²) < 4.78 is 5.05. The SMILES string of the molecule is C=C=Cc1ccccc1COC. The summed E-state index contributed by atoms with van der Waals surface area (Å²) in [4.78, 5) is 0. The number of hydrogen-bond acceptors (Lipinski definition) is 1. The van der Waals surface area contributed by atoms with Gasteiger partial charge in [-0.15, -0.1) is 5.73 Å². The van der Waals surface area contributed by atoms with Gasteiger partial charge in [-0.3, -0.25) is 0 Å². The summed E-state index contributed by atoms with van der Waals surface area (Å²) in [5.41, 5.74) is 5.04. The Bertz CT molecular complexity index is 296. The lowest BCUT2D eigenvalue weighted by molar-refractivity contribution is 0.185. The smallest absolute Gasteiger partial charge is 0.0719 e. The minimum Gasteiger partial charge on any atom is -0.380 e. The third-order valence-corrected chi connectivity index (χ3v) is 1.61. The molecule has 1 aromatic carbocycles. The molecule has 12 heavy (non-hydrogen) atoms. The Labute approximate surface area is 73.0 Å². The topological polar surface area (TPSA) is 9.23 Å². The summed E-state index contributed by atoms with van der Waals surface area (Å²) in [5.74, 6) is 0. The van der Waals surface area contributed by atoms with E-state index in [1.54, 1.807) is 7.11 Å². The summed E-state index contributed by atoms with van der Waals surface area (Å²) in [6.07, 6.45) is 1.86. The number of rotatable bonds is 3. The predicted octanol–water partition coefficient (Wildman–Crippen LogP) is 2.63. The fraction of sp³-hybridized carbons (Fsp3) is 0.182. The van der Waals surface area contributed by atoms with Gasteiger partial charge in [0.05, 0.1) is 6.61 Å². The first kappa shape index (κ1) is 8.79. The van der Waals surface area contributed by atoms with Crippen LogP contribution in [0.1, 0.15) is 11.1 Å². The van der Waals surface area contributed by atoms with E-state index in [9.17, 15) is 0 Å². The largest absolute Gasteiger partial charge is 0.380 e. The second-order valence-electron chi connectivity index (χ2n) is 2.48. The highest BCUT2D eigenvalue weighted by molar-refractivity contribution is 5.52. The van der Waals surface area contributed by atoms with Gasteiger partial charge in [0.2, 0.25) is 0 Å². The van der Waals surface area contributed by atoms with Gasteiger partial charge in [-0.05, 0) is 17.2 Å². The van der Waals surface area contributed by atoms with Crippen LogP contribution in [0.3, 0.4) is 0 Å². The monoisotopic (exact) mass is 160 g/mol. The van der Waals surface area contributed by atoms with E-state index in [0.29, 0.717) is 6.61 Å². The molecule has 0 saturated carbocycles. The van der Waals surface area contributed by atoms with Crippen LogP contribution in [0.4, 0.5) is 0 Å². The number of ether oxygens (including phenoxy) is 1. The zero-order valence-electron chi connectivity index (χ0n) is 7.21. The Kier molecular flexibility index (Phi) is 3.34. The maximum absolute atomic E-state index is 5.05. The fourth-order valence-corrected chi connectivity index (χ4v) is 1.07. The van der Waals surface area contributed by atoms with Crippen molar-refractivity contribution < 1.29 is 4.74 Å². The molecule has 1 nitrogen and oxygen atoms in total. The zero-order valence-corrected chi connectivity index (χ0v) is 7.21. The molecule has 0 unspecified atom stereocenters. The lowest BCUT2D eigenvalue weighted by Gasteiger charge is -2.02. The number of benzene rings is 1. The van der Waals surface area contributed by atoms with Crippen molar-refractivity contribution in [2.75, 3.05) is 7.11 Å². The van der Waals surface area contributed by atoms with Crippen LogP contribution in [-0.4, -0.2) is 7.11 Å². The summed E-state index contributed by atoms with van der Waals surface area (Å²) in [7, 11) is 1.69. The van der Waals surface area contributed by atoms with Gasteiger partial charge >= 0.3 is 0 Å². The molecular formula is C11H12O. The Morgan fingerprint density at radius 2 is 2.25 bits per heavy atom. The average molecular weight is 160 g/mol. The van der Waals surface area contributed by atoms with Gasteiger partial charge in [-0.25, -0.2) is 0 Å². The lowest BCUT2D eigenvalue weighted by atomic mass is 10.1. The predicted molar refractivity (Wildman–Crippen MR) is 50.8 cm³/mol. The molecule has 0 fully saturated rings. The molecule has 0 saturated heterocycles. The molecule has 0 aliphatic carbocycles. The van der Waals surface area contributed by atoms with Gasteiger partial charge in [-0.2, -0.15) is 0 Å². The van der Waals surface area contributed by atoms with Gasteiger partial charge in [0.25, 0.3) is 0 Å². The second kappa shape index (κ2) is 4.55. The molecule has 0 amide bonds. The number of hydrogen-bond donors (Lipinski definition) is 0. The van der Waals surface area contributed by atoms with Crippen LogP contribution in [0.2, 0.25) is 0 Å². The van der Waals surface area contributed by atoms with E-state index >= 15 is 0 Å². The first-order valence-corrected chi connectivity index (χ1v) is 3.81. The Balaban J connectivity index is 2.99. The lowest BCUT2D eigenvalue weighted by Crippen LogP contribution is -1.89. The molecule has 0 atom stereocenters. The Morgan fingerprint density at radius 1 is 1.50 bits per heavy atom. The average Bonchev–Trinajstić information content (AvgIpc) is 2.09. The van der Waals surface area contributed by atoms with Crippen molar-refractivity contribution in [1.29, 1.82) is 0 Å². The molecule has 0 radical (unpaired) electrons. The number of methoxy groups -OCH3 is 1. The minimum atomic E-state index is 0.633. The molecule has 1 aromatic rings. The Hall–Kier alpha value is -1.30. The van der Waals surface area contributed by atoms with Crippen molar-refractivity contribution in [2.24, 2.45) is 0 Å². The first-order valence-electron chi connectivity index (χ1n) is 3.81. The summed E-state index contributed by atoms with van der Waals surface area (Å²) in [6.45, 7) is 4.17. The van der Waals surface area contributed by atoms with Crippen LogP contribution in [0.5, 0.6) is 0 Å². The molecule has 0 aliphatic heterocycles. The van der Waals surface area contributed by atoms with E-state index in [2.05, 4.69) is 12.3 Å². The molecule has 0 bridgehead atoms. The van der Waals surface area contributed by atoms with Crippen LogP contribution in [-0.2, 0) is 11.3 Å². The van der Waals surface area contributed by atoms with Crippen molar-refractivity contribution in [3.63, 3.8) is 0 Å². The van der Waals surface area contributed by atoms with Gasteiger partial charge in [0.15, 0.2) is 0 Å². The second-order valence-corrected chi connectivity index (χ2v) is 2.48. The van der Waals surface area contributed by atoms with Crippen molar-refractivity contribution in [3.05, 3.63) is 47.7 Å². The van der Waals surface area contributed by atoms with Crippen LogP contribution < -0.4 is 0 Å². The van der Waals surface area contributed by atoms with Gasteiger partial charge in [0.1, 0.15) is 0 Å². The zero-order chi connectivity index (χ0) is 8.81. The van der Waals surface area contributed by atoms with Crippen molar-refractivity contribution >= 4 is 6.08 Å². The van der Waals surface area contributed by atoms with Crippen molar-refractivity contribution in [1.82, 2.24) is 0 Å². The maximum atomic E-state index is 5.05. The van der Waals surface area contributed by atoms with E-state index in [0.717, 1.165) is 11.1 Å². The molecule has 1 heteroatoms. The molecule has 0 aliphatic rings. The normalized spacial score (nSPS) is 9.08. The highest BCUT2D eigenvalue weighted by Crippen LogP contribution is 2.10. The van der Waals surface area contributed by atoms with Crippen molar-refractivity contribution in [3.8, 4) is 0 Å². The van der Waals surface area contributed by atoms with Crippen LogP contribution in [0, 0.1) is 0 Å². The minimum absolute atomic E-state index is 0.633. The van der Waals surface area contributed by atoms with Gasteiger partial charge < -0.3 is 4.74 Å². The third-order valence-electron chi connectivity index (χ3n) is 1.61.